The Balaban J connectivity index is 2.20. The van der Waals surface area contributed by atoms with Crippen molar-refractivity contribution in [3.8, 4) is 0 Å². The zero-order valence-corrected chi connectivity index (χ0v) is 11.2. The van der Waals surface area contributed by atoms with Gasteiger partial charge in [-0.3, -0.25) is 14.7 Å². The molecule has 1 N–H and O–H groups in total. The molecule has 4 nitrogen and oxygen atoms in total. The van der Waals surface area contributed by atoms with Crippen LogP contribution in [0.4, 0.5) is 0 Å². The van der Waals surface area contributed by atoms with Crippen molar-refractivity contribution in [3.63, 3.8) is 0 Å². The number of hydrogen-bond donors (Lipinski definition) is 1. The quantitative estimate of drug-likeness (QED) is 0.665. The number of pyridine rings is 1. The SMILES string of the molecule is CC(C)CN1C(=O)/C(=C\c2cccnc2)NC1=S. The lowest BCUT2D eigenvalue weighted by molar-refractivity contribution is -0.122. The predicted molar refractivity (Wildman–Crippen MR) is 74.5 cm³/mol. The Morgan fingerprint density at radius 1 is 1.56 bits per heavy atom. The molecule has 1 saturated heterocycles. The first-order valence-electron chi connectivity index (χ1n) is 5.82. The van der Waals surface area contributed by atoms with E-state index >= 15 is 0 Å². The lowest BCUT2D eigenvalue weighted by Gasteiger charge is -2.15. The summed E-state index contributed by atoms with van der Waals surface area (Å²) >= 11 is 5.17. The van der Waals surface area contributed by atoms with Crippen LogP contribution in [0.15, 0.2) is 30.2 Å². The Morgan fingerprint density at radius 3 is 2.94 bits per heavy atom. The fraction of sp³-hybridized carbons (Fsp3) is 0.308. The second kappa shape index (κ2) is 5.27. The number of carbonyl (C=O) groups is 1. The van der Waals surface area contributed by atoms with E-state index in [9.17, 15) is 4.79 Å². The number of rotatable bonds is 3. The smallest absolute Gasteiger partial charge is 0.276 e. The monoisotopic (exact) mass is 261 g/mol. The minimum absolute atomic E-state index is 0.0717. The van der Waals surface area contributed by atoms with Crippen LogP contribution < -0.4 is 5.32 Å². The Morgan fingerprint density at radius 2 is 2.33 bits per heavy atom. The van der Waals surface area contributed by atoms with E-state index in [1.165, 1.54) is 0 Å². The molecule has 1 fully saturated rings. The van der Waals surface area contributed by atoms with Crippen molar-refractivity contribution in [2.45, 2.75) is 13.8 Å². The maximum Gasteiger partial charge on any atom is 0.276 e. The summed E-state index contributed by atoms with van der Waals surface area (Å²) < 4.78 is 0. The van der Waals surface area contributed by atoms with E-state index < -0.39 is 0 Å². The van der Waals surface area contributed by atoms with Gasteiger partial charge in [0.15, 0.2) is 5.11 Å². The fourth-order valence-electron chi connectivity index (χ4n) is 1.73. The van der Waals surface area contributed by atoms with Crippen molar-refractivity contribution in [2.24, 2.45) is 5.92 Å². The first-order valence-corrected chi connectivity index (χ1v) is 6.23. The predicted octanol–water partition coefficient (Wildman–Crippen LogP) is 1.80. The summed E-state index contributed by atoms with van der Waals surface area (Å²) in [5, 5.41) is 3.42. The molecule has 0 spiro atoms. The topological polar surface area (TPSA) is 45.2 Å². The molecule has 1 aromatic rings. The highest BCUT2D eigenvalue weighted by atomic mass is 32.1. The van der Waals surface area contributed by atoms with Gasteiger partial charge < -0.3 is 5.32 Å². The van der Waals surface area contributed by atoms with Gasteiger partial charge in [0.2, 0.25) is 0 Å². The van der Waals surface area contributed by atoms with Crippen LogP contribution in [0.5, 0.6) is 0 Å². The first-order chi connectivity index (χ1) is 8.58. The standard InChI is InChI=1S/C13H15N3OS/c1-9(2)8-16-12(17)11(15-13(16)18)6-10-4-3-5-14-7-10/h3-7,9H,8H2,1-2H3,(H,15,18)/b11-6+. The second-order valence-electron chi connectivity index (χ2n) is 4.58. The molecule has 94 valence electrons. The molecule has 1 amide bonds. The summed E-state index contributed by atoms with van der Waals surface area (Å²) in [7, 11) is 0. The van der Waals surface area contributed by atoms with Crippen LogP contribution in [-0.4, -0.2) is 27.4 Å². The number of aromatic nitrogens is 1. The summed E-state index contributed by atoms with van der Waals surface area (Å²) in [6.45, 7) is 4.74. The molecule has 1 aromatic heterocycles. The minimum Gasteiger partial charge on any atom is -0.328 e. The average molecular weight is 261 g/mol. The highest BCUT2D eigenvalue weighted by Gasteiger charge is 2.30. The van der Waals surface area contributed by atoms with Crippen LogP contribution in [0.25, 0.3) is 6.08 Å². The van der Waals surface area contributed by atoms with Gasteiger partial charge in [-0.25, -0.2) is 0 Å². The van der Waals surface area contributed by atoms with Crippen LogP contribution in [0.3, 0.4) is 0 Å². The van der Waals surface area contributed by atoms with Crippen LogP contribution in [0.1, 0.15) is 19.4 Å². The third-order valence-corrected chi connectivity index (χ3v) is 2.83. The zero-order valence-electron chi connectivity index (χ0n) is 10.4. The maximum absolute atomic E-state index is 12.1. The molecule has 2 heterocycles. The number of hydrogen-bond acceptors (Lipinski definition) is 3. The Hall–Kier alpha value is -1.75. The van der Waals surface area contributed by atoms with Crippen molar-refractivity contribution in [3.05, 3.63) is 35.8 Å². The zero-order chi connectivity index (χ0) is 13.1. The molecule has 2 rings (SSSR count). The highest BCUT2D eigenvalue weighted by Crippen LogP contribution is 2.15. The van der Waals surface area contributed by atoms with E-state index in [4.69, 9.17) is 12.2 Å². The Bertz CT molecular complexity index is 496. The molecule has 0 aromatic carbocycles. The van der Waals surface area contributed by atoms with Gasteiger partial charge >= 0.3 is 0 Å². The molecule has 0 unspecified atom stereocenters. The van der Waals surface area contributed by atoms with E-state index in [0.717, 1.165) is 5.56 Å². The number of nitrogens with zero attached hydrogens (tertiary/aromatic N) is 2. The van der Waals surface area contributed by atoms with E-state index in [2.05, 4.69) is 24.1 Å². The number of amides is 1. The summed E-state index contributed by atoms with van der Waals surface area (Å²) in [5.74, 6) is 0.309. The average Bonchev–Trinajstić information content (AvgIpc) is 2.58. The van der Waals surface area contributed by atoms with Crippen LogP contribution >= 0.6 is 12.2 Å². The second-order valence-corrected chi connectivity index (χ2v) is 4.97. The van der Waals surface area contributed by atoms with Crippen molar-refractivity contribution >= 4 is 29.3 Å². The van der Waals surface area contributed by atoms with E-state index in [1.54, 1.807) is 23.4 Å². The first kappa shape index (κ1) is 12.7. The molecule has 5 heteroatoms. The Kier molecular flexibility index (Phi) is 3.72. The van der Waals surface area contributed by atoms with Gasteiger partial charge in [0.05, 0.1) is 0 Å². The third kappa shape index (κ3) is 2.73. The summed E-state index contributed by atoms with van der Waals surface area (Å²) in [4.78, 5) is 17.8. The van der Waals surface area contributed by atoms with Gasteiger partial charge in [0, 0.05) is 18.9 Å². The molecule has 1 aliphatic heterocycles. The van der Waals surface area contributed by atoms with Gasteiger partial charge in [-0.2, -0.15) is 0 Å². The minimum atomic E-state index is -0.0717. The van der Waals surface area contributed by atoms with E-state index in [0.29, 0.717) is 23.3 Å². The number of thiocarbonyl (C=S) groups is 1. The largest absolute Gasteiger partial charge is 0.328 e. The highest BCUT2D eigenvalue weighted by molar-refractivity contribution is 7.80. The van der Waals surface area contributed by atoms with Crippen molar-refractivity contribution in [1.82, 2.24) is 15.2 Å². The van der Waals surface area contributed by atoms with Crippen molar-refractivity contribution in [1.29, 1.82) is 0 Å². The molecular weight excluding hydrogens is 246 g/mol. The normalized spacial score (nSPS) is 17.7. The lowest BCUT2D eigenvalue weighted by Crippen LogP contribution is -2.33. The molecule has 0 aliphatic carbocycles. The number of carbonyl (C=O) groups excluding carboxylic acids is 1. The Labute approximate surface area is 112 Å². The molecular formula is C13H15N3OS. The molecule has 18 heavy (non-hydrogen) atoms. The summed E-state index contributed by atoms with van der Waals surface area (Å²) in [6, 6.07) is 3.72. The molecule has 1 aliphatic rings. The molecule has 0 saturated carbocycles. The third-order valence-electron chi connectivity index (χ3n) is 2.51. The van der Waals surface area contributed by atoms with Gasteiger partial charge in [-0.05, 0) is 35.8 Å². The van der Waals surface area contributed by atoms with Gasteiger partial charge in [0.25, 0.3) is 5.91 Å². The van der Waals surface area contributed by atoms with Gasteiger partial charge in [-0.1, -0.05) is 19.9 Å². The summed E-state index contributed by atoms with van der Waals surface area (Å²) in [5.41, 5.74) is 1.39. The van der Waals surface area contributed by atoms with Gasteiger partial charge in [-0.15, -0.1) is 0 Å². The van der Waals surface area contributed by atoms with Crippen molar-refractivity contribution in [2.75, 3.05) is 6.54 Å². The maximum atomic E-state index is 12.1. The fourth-order valence-corrected chi connectivity index (χ4v) is 2.00. The van der Waals surface area contributed by atoms with Gasteiger partial charge in [0.1, 0.15) is 5.70 Å². The van der Waals surface area contributed by atoms with Crippen LogP contribution in [0.2, 0.25) is 0 Å². The number of nitrogens with one attached hydrogen (secondary N) is 1. The van der Waals surface area contributed by atoms with E-state index in [1.807, 2.05) is 12.1 Å². The molecule has 0 radical (unpaired) electrons. The molecule has 0 bridgehead atoms. The van der Waals surface area contributed by atoms with E-state index in [-0.39, 0.29) is 5.91 Å². The van der Waals surface area contributed by atoms with Crippen molar-refractivity contribution < 1.29 is 4.79 Å². The lowest BCUT2D eigenvalue weighted by atomic mass is 10.2. The molecule has 0 atom stereocenters. The van der Waals surface area contributed by atoms with Crippen LogP contribution in [0, 0.1) is 5.92 Å². The summed E-state index contributed by atoms with van der Waals surface area (Å²) in [6.07, 6.45) is 5.17. The van der Waals surface area contributed by atoms with Crippen LogP contribution in [-0.2, 0) is 4.79 Å².